The number of methoxy groups -OCH3 is 1. The molecule has 2 aromatic rings. The van der Waals surface area contributed by atoms with E-state index in [1.54, 1.807) is 12.1 Å². The average molecular weight is 278 g/mol. The second-order valence-electron chi connectivity index (χ2n) is 4.01. The van der Waals surface area contributed by atoms with E-state index in [4.69, 9.17) is 5.73 Å². The zero-order valence-electron chi connectivity index (χ0n) is 10.6. The van der Waals surface area contributed by atoms with E-state index in [1.165, 1.54) is 19.2 Å². The lowest BCUT2D eigenvalue weighted by Crippen LogP contribution is -2.08. The van der Waals surface area contributed by atoms with Crippen LogP contribution in [0.2, 0.25) is 0 Å². The maximum absolute atomic E-state index is 13.6. The van der Waals surface area contributed by atoms with Crippen LogP contribution in [0.15, 0.2) is 36.4 Å². The predicted molar refractivity (Wildman–Crippen MR) is 71.8 cm³/mol. The summed E-state index contributed by atoms with van der Waals surface area (Å²) < 4.78 is 31.0. The topological polar surface area (TPSA) is 64.3 Å². The number of para-hydroxylation sites is 1. The number of nitrogens with one attached hydrogen (secondary N) is 1. The van der Waals surface area contributed by atoms with Gasteiger partial charge in [0.1, 0.15) is 11.6 Å². The Morgan fingerprint density at radius 1 is 1.20 bits per heavy atom. The molecule has 0 atom stereocenters. The quantitative estimate of drug-likeness (QED) is 0.669. The van der Waals surface area contributed by atoms with E-state index in [-0.39, 0.29) is 16.9 Å². The molecule has 0 radical (unpaired) electrons. The molecule has 0 heterocycles. The third kappa shape index (κ3) is 2.69. The second kappa shape index (κ2) is 5.56. The number of carbonyl (C=O) groups is 1. The zero-order chi connectivity index (χ0) is 14.7. The van der Waals surface area contributed by atoms with Crippen LogP contribution in [0.3, 0.4) is 0 Å². The average Bonchev–Trinajstić information content (AvgIpc) is 2.43. The van der Waals surface area contributed by atoms with Crippen molar-refractivity contribution in [2.45, 2.75) is 0 Å². The van der Waals surface area contributed by atoms with Crippen molar-refractivity contribution in [2.75, 3.05) is 18.2 Å². The number of carbonyl (C=O) groups excluding carboxylic acids is 1. The molecule has 0 spiro atoms. The summed E-state index contributed by atoms with van der Waals surface area (Å²) in [4.78, 5) is 11.5. The lowest BCUT2D eigenvalue weighted by atomic mass is 10.1. The fourth-order valence-corrected chi connectivity index (χ4v) is 1.70. The van der Waals surface area contributed by atoms with E-state index in [9.17, 15) is 13.6 Å². The van der Waals surface area contributed by atoms with Gasteiger partial charge in [0.05, 0.1) is 29.7 Å². The normalized spacial score (nSPS) is 10.2. The first-order chi connectivity index (χ1) is 9.52. The van der Waals surface area contributed by atoms with Gasteiger partial charge < -0.3 is 15.8 Å². The minimum absolute atomic E-state index is 0.0557. The number of rotatable bonds is 3. The maximum Gasteiger partial charge on any atom is 0.340 e. The van der Waals surface area contributed by atoms with E-state index < -0.39 is 17.6 Å². The van der Waals surface area contributed by atoms with Gasteiger partial charge in [0, 0.05) is 6.07 Å². The summed E-state index contributed by atoms with van der Waals surface area (Å²) in [5, 5.41) is 2.71. The molecule has 2 rings (SSSR count). The summed E-state index contributed by atoms with van der Waals surface area (Å²) in [6.07, 6.45) is 0. The smallest absolute Gasteiger partial charge is 0.340 e. The number of anilines is 3. The summed E-state index contributed by atoms with van der Waals surface area (Å²) in [6, 6.07) is 7.76. The van der Waals surface area contributed by atoms with Crippen molar-refractivity contribution in [3.8, 4) is 0 Å². The molecule has 3 N–H and O–H groups in total. The molecule has 0 aromatic heterocycles. The summed E-state index contributed by atoms with van der Waals surface area (Å²) in [5.74, 6) is -2.03. The molecule has 2 aromatic carbocycles. The highest BCUT2D eigenvalue weighted by molar-refractivity contribution is 5.98. The summed E-state index contributed by atoms with van der Waals surface area (Å²) in [7, 11) is 1.24. The van der Waals surface area contributed by atoms with Crippen molar-refractivity contribution in [1.29, 1.82) is 0 Å². The molecule has 0 aliphatic rings. The van der Waals surface area contributed by atoms with Crippen LogP contribution in [0.25, 0.3) is 0 Å². The van der Waals surface area contributed by atoms with E-state index in [0.29, 0.717) is 5.69 Å². The Bertz CT molecular complexity index is 660. The van der Waals surface area contributed by atoms with Crippen LogP contribution >= 0.6 is 0 Å². The molecule has 6 heteroatoms. The largest absolute Gasteiger partial charge is 0.465 e. The van der Waals surface area contributed by atoms with Gasteiger partial charge in [-0.3, -0.25) is 0 Å². The van der Waals surface area contributed by atoms with E-state index in [0.717, 1.165) is 12.1 Å². The maximum atomic E-state index is 13.6. The Kier molecular flexibility index (Phi) is 3.84. The van der Waals surface area contributed by atoms with Gasteiger partial charge >= 0.3 is 5.97 Å². The van der Waals surface area contributed by atoms with E-state index in [2.05, 4.69) is 10.1 Å². The van der Waals surface area contributed by atoms with Gasteiger partial charge in [0.2, 0.25) is 0 Å². The highest BCUT2D eigenvalue weighted by Crippen LogP contribution is 2.28. The third-order valence-corrected chi connectivity index (χ3v) is 2.71. The van der Waals surface area contributed by atoms with Crippen LogP contribution < -0.4 is 11.1 Å². The Morgan fingerprint density at radius 2 is 1.95 bits per heavy atom. The molecule has 0 aliphatic heterocycles. The van der Waals surface area contributed by atoms with Crippen molar-refractivity contribution >= 4 is 23.0 Å². The highest BCUT2D eigenvalue weighted by atomic mass is 19.1. The molecule has 0 unspecified atom stereocenters. The number of ether oxygens (including phenoxy) is 1. The van der Waals surface area contributed by atoms with Crippen LogP contribution in [0.4, 0.5) is 25.8 Å². The predicted octanol–water partition coefficient (Wildman–Crippen LogP) is 3.08. The number of hydrogen-bond acceptors (Lipinski definition) is 4. The van der Waals surface area contributed by atoms with Gasteiger partial charge in [0.15, 0.2) is 0 Å². The molecule has 0 aliphatic carbocycles. The highest BCUT2D eigenvalue weighted by Gasteiger charge is 2.13. The summed E-state index contributed by atoms with van der Waals surface area (Å²) >= 11 is 0. The first kappa shape index (κ1) is 13.8. The minimum Gasteiger partial charge on any atom is -0.465 e. The van der Waals surface area contributed by atoms with Crippen molar-refractivity contribution in [1.82, 2.24) is 0 Å². The fraction of sp³-hybridized carbons (Fsp3) is 0.0714. The van der Waals surface area contributed by atoms with Gasteiger partial charge in [-0.05, 0) is 24.3 Å². The van der Waals surface area contributed by atoms with Crippen LogP contribution in [-0.4, -0.2) is 13.1 Å². The zero-order valence-corrected chi connectivity index (χ0v) is 10.6. The molecule has 4 nitrogen and oxygen atoms in total. The third-order valence-electron chi connectivity index (χ3n) is 2.71. The van der Waals surface area contributed by atoms with Gasteiger partial charge in [0.25, 0.3) is 0 Å². The fourth-order valence-electron chi connectivity index (χ4n) is 1.70. The van der Waals surface area contributed by atoms with Crippen molar-refractivity contribution in [3.63, 3.8) is 0 Å². The summed E-state index contributed by atoms with van der Waals surface area (Å²) in [5.41, 5.74) is 6.51. The molecule has 0 saturated carbocycles. The summed E-state index contributed by atoms with van der Waals surface area (Å²) in [6.45, 7) is 0. The number of benzene rings is 2. The van der Waals surface area contributed by atoms with Crippen LogP contribution in [0.1, 0.15) is 10.4 Å². The number of esters is 1. The van der Waals surface area contributed by atoms with Crippen molar-refractivity contribution < 1.29 is 18.3 Å². The SMILES string of the molecule is COC(=O)c1cccc(Nc2ccc(F)cc2F)c1N. The van der Waals surface area contributed by atoms with Gasteiger partial charge in [-0.1, -0.05) is 6.07 Å². The molecule has 0 amide bonds. The Labute approximate surface area is 114 Å². The molecule has 0 fully saturated rings. The standard InChI is InChI=1S/C14H12F2N2O2/c1-20-14(19)9-3-2-4-12(13(9)17)18-11-6-5-8(15)7-10(11)16/h2-7,18H,17H2,1H3. The van der Waals surface area contributed by atoms with Gasteiger partial charge in [-0.15, -0.1) is 0 Å². The molecule has 0 bridgehead atoms. The number of hydrogen-bond donors (Lipinski definition) is 2. The molecule has 20 heavy (non-hydrogen) atoms. The lowest BCUT2D eigenvalue weighted by molar-refractivity contribution is 0.0602. The van der Waals surface area contributed by atoms with E-state index in [1.807, 2.05) is 0 Å². The first-order valence-electron chi connectivity index (χ1n) is 5.72. The molecular formula is C14H12F2N2O2. The van der Waals surface area contributed by atoms with Crippen molar-refractivity contribution in [3.05, 3.63) is 53.6 Å². The van der Waals surface area contributed by atoms with Crippen molar-refractivity contribution in [2.24, 2.45) is 0 Å². The second-order valence-corrected chi connectivity index (χ2v) is 4.01. The van der Waals surface area contributed by atoms with Crippen LogP contribution in [0.5, 0.6) is 0 Å². The lowest BCUT2D eigenvalue weighted by Gasteiger charge is -2.12. The van der Waals surface area contributed by atoms with E-state index >= 15 is 0 Å². The Balaban J connectivity index is 2.37. The molecule has 0 saturated heterocycles. The molecular weight excluding hydrogens is 266 g/mol. The van der Waals surface area contributed by atoms with Crippen LogP contribution in [0, 0.1) is 11.6 Å². The Hall–Kier alpha value is -2.63. The number of nitrogens with two attached hydrogens (primary N) is 1. The Morgan fingerprint density at radius 3 is 2.60 bits per heavy atom. The minimum atomic E-state index is -0.757. The molecule has 104 valence electrons. The monoisotopic (exact) mass is 278 g/mol. The van der Waals surface area contributed by atoms with Crippen LogP contribution in [-0.2, 0) is 4.74 Å². The number of nitrogen functional groups attached to an aromatic ring is 1. The first-order valence-corrected chi connectivity index (χ1v) is 5.72. The van der Waals surface area contributed by atoms with Gasteiger partial charge in [-0.25, -0.2) is 13.6 Å². The number of halogens is 2. The van der Waals surface area contributed by atoms with Gasteiger partial charge in [-0.2, -0.15) is 0 Å².